The van der Waals surface area contributed by atoms with Crippen LogP contribution in [0, 0.1) is 0 Å². The highest BCUT2D eigenvalue weighted by molar-refractivity contribution is 7.98. The maximum atomic E-state index is 4.51. The summed E-state index contributed by atoms with van der Waals surface area (Å²) in [7, 11) is 0. The Labute approximate surface area is 91.3 Å². The van der Waals surface area contributed by atoms with Crippen LogP contribution in [0.25, 0.3) is 0 Å². The Kier molecular flexibility index (Phi) is 4.46. The van der Waals surface area contributed by atoms with E-state index < -0.39 is 0 Å². The Balaban J connectivity index is 3.01. The van der Waals surface area contributed by atoms with E-state index in [1.54, 1.807) is 11.8 Å². The summed E-state index contributed by atoms with van der Waals surface area (Å²) in [5, 5.41) is 0. The predicted molar refractivity (Wildman–Crippen MR) is 64.1 cm³/mol. The minimum atomic E-state index is 0.580. The van der Waals surface area contributed by atoms with Crippen LogP contribution in [0.4, 0.5) is 0 Å². The normalized spacial score (nSPS) is 12.9. The van der Waals surface area contributed by atoms with Crippen molar-refractivity contribution in [1.29, 1.82) is 0 Å². The van der Waals surface area contributed by atoms with E-state index in [0.717, 1.165) is 12.8 Å². The van der Waals surface area contributed by atoms with Crippen LogP contribution in [-0.4, -0.2) is 11.2 Å². The maximum absolute atomic E-state index is 4.51. The van der Waals surface area contributed by atoms with Crippen LogP contribution in [0.1, 0.15) is 44.4 Å². The van der Waals surface area contributed by atoms with Gasteiger partial charge in [0.2, 0.25) is 0 Å². The van der Waals surface area contributed by atoms with Crippen molar-refractivity contribution in [3.05, 3.63) is 23.5 Å². The summed E-state index contributed by atoms with van der Waals surface area (Å²) in [6.45, 7) is 6.65. The number of nitrogens with zero attached hydrogens (tertiary/aromatic N) is 1. The number of aryl methyl sites for hydroxylation is 1. The lowest BCUT2D eigenvalue weighted by molar-refractivity contribution is 0.703. The lowest BCUT2D eigenvalue weighted by Gasteiger charge is -2.11. The molecule has 0 radical (unpaired) electrons. The van der Waals surface area contributed by atoms with Crippen molar-refractivity contribution in [1.82, 2.24) is 4.98 Å². The molecule has 78 valence electrons. The second-order valence-electron chi connectivity index (χ2n) is 3.58. The molecule has 1 heterocycles. The van der Waals surface area contributed by atoms with Crippen LogP contribution in [0.15, 0.2) is 17.2 Å². The van der Waals surface area contributed by atoms with Crippen LogP contribution in [-0.2, 0) is 6.42 Å². The monoisotopic (exact) mass is 209 g/mol. The largest absolute Gasteiger partial charge is 0.260 e. The molecule has 0 amide bonds. The molecule has 14 heavy (non-hydrogen) atoms. The minimum absolute atomic E-state index is 0.580. The lowest BCUT2D eigenvalue weighted by Crippen LogP contribution is -1.98. The molecule has 0 saturated heterocycles. The van der Waals surface area contributed by atoms with Crippen LogP contribution in [0.2, 0.25) is 0 Å². The van der Waals surface area contributed by atoms with Gasteiger partial charge in [0.1, 0.15) is 0 Å². The second-order valence-corrected chi connectivity index (χ2v) is 4.43. The van der Waals surface area contributed by atoms with Crippen LogP contribution < -0.4 is 0 Å². The molecular weight excluding hydrogens is 190 g/mol. The summed E-state index contributed by atoms with van der Waals surface area (Å²) in [4.78, 5) is 5.83. The molecule has 0 saturated carbocycles. The summed E-state index contributed by atoms with van der Waals surface area (Å²) in [5.41, 5.74) is 2.67. The Hall–Kier alpha value is -0.500. The Morgan fingerprint density at radius 3 is 2.64 bits per heavy atom. The molecule has 1 atom stereocenters. The summed E-state index contributed by atoms with van der Waals surface area (Å²) in [6, 6.07) is 2.26. The van der Waals surface area contributed by atoms with Gasteiger partial charge in [-0.3, -0.25) is 4.98 Å². The van der Waals surface area contributed by atoms with E-state index in [1.807, 2.05) is 6.20 Å². The lowest BCUT2D eigenvalue weighted by atomic mass is 10.0. The zero-order valence-corrected chi connectivity index (χ0v) is 10.3. The van der Waals surface area contributed by atoms with Crippen molar-refractivity contribution in [3.63, 3.8) is 0 Å². The standard InChI is InChI=1S/C12H19NS/c1-5-9(3)11-7-10(6-2)12(14-4)8-13-11/h7-9H,5-6H2,1-4H3. The Bertz CT molecular complexity index is 296. The fourth-order valence-electron chi connectivity index (χ4n) is 1.44. The fraction of sp³-hybridized carbons (Fsp3) is 0.583. The molecule has 0 fully saturated rings. The van der Waals surface area contributed by atoms with E-state index in [0.29, 0.717) is 5.92 Å². The van der Waals surface area contributed by atoms with Crippen molar-refractivity contribution < 1.29 is 0 Å². The second kappa shape index (κ2) is 5.40. The molecule has 0 aliphatic rings. The van der Waals surface area contributed by atoms with Gasteiger partial charge in [-0.15, -0.1) is 11.8 Å². The SMILES string of the molecule is CCc1cc(C(C)CC)ncc1SC. The molecule has 1 aromatic rings. The first-order valence-corrected chi connectivity index (χ1v) is 6.48. The highest BCUT2D eigenvalue weighted by Gasteiger charge is 2.07. The fourth-order valence-corrected chi connectivity index (χ4v) is 2.07. The van der Waals surface area contributed by atoms with Gasteiger partial charge in [-0.2, -0.15) is 0 Å². The van der Waals surface area contributed by atoms with Gasteiger partial charge in [-0.1, -0.05) is 20.8 Å². The van der Waals surface area contributed by atoms with Gasteiger partial charge in [-0.25, -0.2) is 0 Å². The molecule has 0 bridgehead atoms. The number of hydrogen-bond acceptors (Lipinski definition) is 2. The first kappa shape index (κ1) is 11.6. The van der Waals surface area contributed by atoms with Crippen molar-refractivity contribution >= 4 is 11.8 Å². The highest BCUT2D eigenvalue weighted by atomic mass is 32.2. The summed E-state index contributed by atoms with van der Waals surface area (Å²) < 4.78 is 0. The number of pyridine rings is 1. The predicted octanol–water partition coefficient (Wildman–Crippen LogP) is 3.88. The molecule has 1 nitrogen and oxygen atoms in total. The Morgan fingerprint density at radius 1 is 1.43 bits per heavy atom. The molecule has 1 rings (SSSR count). The van der Waals surface area contributed by atoms with Crippen LogP contribution >= 0.6 is 11.8 Å². The third kappa shape index (κ3) is 2.50. The average molecular weight is 209 g/mol. The van der Waals surface area contributed by atoms with Crippen molar-refractivity contribution in [2.75, 3.05) is 6.26 Å². The maximum Gasteiger partial charge on any atom is 0.0435 e. The van der Waals surface area contributed by atoms with Gasteiger partial charge in [0.15, 0.2) is 0 Å². The smallest absolute Gasteiger partial charge is 0.0435 e. The molecule has 0 aliphatic carbocycles. The van der Waals surface area contributed by atoms with E-state index in [2.05, 4.69) is 38.1 Å². The zero-order chi connectivity index (χ0) is 10.6. The van der Waals surface area contributed by atoms with Gasteiger partial charge in [-0.05, 0) is 36.6 Å². The van der Waals surface area contributed by atoms with Crippen molar-refractivity contribution in [2.24, 2.45) is 0 Å². The van der Waals surface area contributed by atoms with E-state index in [9.17, 15) is 0 Å². The number of thioether (sulfide) groups is 1. The van der Waals surface area contributed by atoms with Crippen LogP contribution in [0.3, 0.4) is 0 Å². The number of aromatic nitrogens is 1. The van der Waals surface area contributed by atoms with E-state index in [-0.39, 0.29) is 0 Å². The number of rotatable bonds is 4. The third-order valence-corrected chi connectivity index (χ3v) is 3.49. The summed E-state index contributed by atoms with van der Waals surface area (Å²) >= 11 is 1.79. The van der Waals surface area contributed by atoms with Gasteiger partial charge in [0, 0.05) is 16.8 Å². The molecular formula is C12H19NS. The molecule has 0 aliphatic heterocycles. The topological polar surface area (TPSA) is 12.9 Å². The van der Waals surface area contributed by atoms with Crippen molar-refractivity contribution in [3.8, 4) is 0 Å². The zero-order valence-electron chi connectivity index (χ0n) is 9.50. The molecule has 0 spiro atoms. The van der Waals surface area contributed by atoms with Gasteiger partial charge >= 0.3 is 0 Å². The van der Waals surface area contributed by atoms with Gasteiger partial charge in [0.05, 0.1) is 0 Å². The first-order valence-electron chi connectivity index (χ1n) is 5.25. The van der Waals surface area contributed by atoms with E-state index >= 15 is 0 Å². The Morgan fingerprint density at radius 2 is 2.14 bits per heavy atom. The molecule has 0 aromatic carbocycles. The van der Waals surface area contributed by atoms with Crippen LogP contribution in [0.5, 0.6) is 0 Å². The quantitative estimate of drug-likeness (QED) is 0.698. The van der Waals surface area contributed by atoms with E-state index in [1.165, 1.54) is 16.2 Å². The molecule has 1 aromatic heterocycles. The first-order chi connectivity index (χ1) is 6.72. The summed E-state index contributed by atoms with van der Waals surface area (Å²) in [6.07, 6.45) is 6.39. The van der Waals surface area contributed by atoms with Gasteiger partial charge < -0.3 is 0 Å². The average Bonchev–Trinajstić information content (AvgIpc) is 2.26. The molecule has 2 heteroatoms. The summed E-state index contributed by atoms with van der Waals surface area (Å²) in [5.74, 6) is 0.580. The molecule has 0 N–H and O–H groups in total. The van der Waals surface area contributed by atoms with Crippen molar-refractivity contribution in [2.45, 2.75) is 44.4 Å². The molecule has 1 unspecified atom stereocenters. The van der Waals surface area contributed by atoms with Gasteiger partial charge in [0.25, 0.3) is 0 Å². The number of hydrogen-bond donors (Lipinski definition) is 0. The highest BCUT2D eigenvalue weighted by Crippen LogP contribution is 2.24. The van der Waals surface area contributed by atoms with E-state index in [4.69, 9.17) is 0 Å². The third-order valence-electron chi connectivity index (χ3n) is 2.69. The minimum Gasteiger partial charge on any atom is -0.260 e.